The van der Waals surface area contributed by atoms with Crippen molar-refractivity contribution in [1.82, 2.24) is 9.55 Å². The number of alkyl halides is 3. The molecule has 9 heteroatoms. The number of amides is 1. The van der Waals surface area contributed by atoms with Crippen LogP contribution in [0.25, 0.3) is 0 Å². The number of hydrogen-bond acceptors (Lipinski definition) is 3. The highest BCUT2D eigenvalue weighted by Crippen LogP contribution is 2.43. The fourth-order valence-corrected chi connectivity index (χ4v) is 4.34. The Morgan fingerprint density at radius 1 is 1.03 bits per heavy atom. The fraction of sp³-hybridized carbons (Fsp3) is 0.385. The molecule has 4 rings (SSSR count). The number of rotatable bonds is 4. The van der Waals surface area contributed by atoms with Crippen molar-refractivity contribution >= 4 is 29.1 Å². The number of ether oxygens (including phenoxy) is 1. The van der Waals surface area contributed by atoms with Crippen LogP contribution >= 0.6 is 11.6 Å². The SMILES string of the molecule is CC.CC.Cc1cc(Cl)cc(N2C(=O)[C@@](C)(Cc3ccc(OC(F)(F)F)cc3)n3c(C)cnc32)c1. The number of aryl methyl sites for hydroxylation is 2. The average Bonchev–Trinajstić information content (AvgIpc) is 3.27. The molecule has 0 aliphatic carbocycles. The van der Waals surface area contributed by atoms with Gasteiger partial charge in [-0.3, -0.25) is 9.36 Å². The second-order valence-corrected chi connectivity index (χ2v) is 8.24. The van der Waals surface area contributed by atoms with Crippen molar-refractivity contribution in [3.05, 3.63) is 70.5 Å². The van der Waals surface area contributed by atoms with E-state index in [0.29, 0.717) is 22.2 Å². The minimum atomic E-state index is -4.76. The molecule has 0 radical (unpaired) electrons. The molecule has 0 saturated heterocycles. The number of hydrogen-bond donors (Lipinski definition) is 0. The van der Waals surface area contributed by atoms with Crippen LogP contribution in [0.5, 0.6) is 5.75 Å². The molecule has 1 amide bonds. The standard InChI is InChI=1S/C22H19ClF3N3O2.2C2H6/c1-13-8-16(23)10-17(9-13)28-19(30)21(3,29-14(2)12-27-20(28)29)11-15-4-6-18(7-5-15)31-22(24,25)26;2*1-2/h4-10,12H,11H2,1-3H3;2*1-2H3/t21-;;/m1../s1. The number of carbonyl (C=O) groups excluding carboxylic acids is 1. The van der Waals surface area contributed by atoms with Crippen molar-refractivity contribution < 1.29 is 22.7 Å². The Hall–Kier alpha value is -3.00. The lowest BCUT2D eigenvalue weighted by atomic mass is 9.91. The van der Waals surface area contributed by atoms with Crippen LogP contribution in [-0.4, -0.2) is 21.8 Å². The molecule has 5 nitrogen and oxygen atoms in total. The maximum atomic E-state index is 13.6. The monoisotopic (exact) mass is 509 g/mol. The van der Waals surface area contributed by atoms with Crippen molar-refractivity contribution in [3.63, 3.8) is 0 Å². The van der Waals surface area contributed by atoms with Gasteiger partial charge in [0, 0.05) is 17.1 Å². The summed E-state index contributed by atoms with van der Waals surface area (Å²) in [7, 11) is 0. The quantitative estimate of drug-likeness (QED) is 0.361. The minimum absolute atomic E-state index is 0.198. The first-order valence-corrected chi connectivity index (χ1v) is 11.9. The first-order valence-electron chi connectivity index (χ1n) is 11.5. The summed E-state index contributed by atoms with van der Waals surface area (Å²) in [5.41, 5.74) is 1.98. The number of nitrogens with zero attached hydrogens (tertiary/aromatic N) is 3. The molecule has 0 fully saturated rings. The lowest BCUT2D eigenvalue weighted by Crippen LogP contribution is -2.41. The van der Waals surface area contributed by atoms with Crippen molar-refractivity contribution in [2.24, 2.45) is 0 Å². The summed E-state index contributed by atoms with van der Waals surface area (Å²) in [6.45, 7) is 13.5. The van der Waals surface area contributed by atoms with E-state index in [-0.39, 0.29) is 18.1 Å². The molecule has 1 aliphatic rings. The van der Waals surface area contributed by atoms with Gasteiger partial charge in [-0.25, -0.2) is 9.88 Å². The van der Waals surface area contributed by atoms with Crippen LogP contribution in [0.15, 0.2) is 48.7 Å². The molecule has 0 bridgehead atoms. The van der Waals surface area contributed by atoms with Gasteiger partial charge in [0.05, 0.1) is 11.9 Å². The second kappa shape index (κ2) is 11.2. The number of halogens is 4. The third-order valence-electron chi connectivity index (χ3n) is 5.27. The molecule has 1 aromatic heterocycles. The van der Waals surface area contributed by atoms with Crippen LogP contribution in [0, 0.1) is 13.8 Å². The molecule has 190 valence electrons. The van der Waals surface area contributed by atoms with Gasteiger partial charge in [0.2, 0.25) is 5.95 Å². The van der Waals surface area contributed by atoms with Gasteiger partial charge in [-0.1, -0.05) is 51.4 Å². The van der Waals surface area contributed by atoms with E-state index >= 15 is 0 Å². The van der Waals surface area contributed by atoms with Crippen molar-refractivity contribution in [2.45, 2.75) is 66.8 Å². The van der Waals surface area contributed by atoms with Crippen LogP contribution in [0.3, 0.4) is 0 Å². The smallest absolute Gasteiger partial charge is 0.406 e. The zero-order valence-corrected chi connectivity index (χ0v) is 21.8. The van der Waals surface area contributed by atoms with E-state index in [9.17, 15) is 18.0 Å². The Kier molecular flexibility index (Phi) is 9.00. The number of aromatic nitrogens is 2. The summed E-state index contributed by atoms with van der Waals surface area (Å²) in [5, 5.41) is 0.506. The molecule has 2 heterocycles. The van der Waals surface area contributed by atoms with Crippen LogP contribution in [0.2, 0.25) is 5.02 Å². The lowest BCUT2D eigenvalue weighted by molar-refractivity contribution is -0.274. The van der Waals surface area contributed by atoms with Gasteiger partial charge in [0.15, 0.2) is 0 Å². The highest BCUT2D eigenvalue weighted by Gasteiger charge is 2.49. The highest BCUT2D eigenvalue weighted by atomic mass is 35.5. The van der Waals surface area contributed by atoms with E-state index in [4.69, 9.17) is 11.6 Å². The van der Waals surface area contributed by atoms with Gasteiger partial charge >= 0.3 is 6.36 Å². The summed E-state index contributed by atoms with van der Waals surface area (Å²) in [6, 6.07) is 10.9. The van der Waals surface area contributed by atoms with Crippen LogP contribution < -0.4 is 9.64 Å². The molecule has 0 unspecified atom stereocenters. The van der Waals surface area contributed by atoms with Crippen LogP contribution in [0.4, 0.5) is 24.8 Å². The normalized spacial score (nSPS) is 16.7. The van der Waals surface area contributed by atoms with Gasteiger partial charge in [0.1, 0.15) is 11.3 Å². The maximum absolute atomic E-state index is 13.6. The van der Waals surface area contributed by atoms with Gasteiger partial charge in [0.25, 0.3) is 5.91 Å². The Bertz CT molecular complexity index is 1140. The summed E-state index contributed by atoms with van der Waals surface area (Å²) in [4.78, 5) is 19.6. The van der Waals surface area contributed by atoms with E-state index in [1.54, 1.807) is 25.3 Å². The van der Waals surface area contributed by atoms with Gasteiger partial charge in [-0.05, 0) is 62.2 Å². The molecule has 35 heavy (non-hydrogen) atoms. The van der Waals surface area contributed by atoms with Crippen molar-refractivity contribution in [3.8, 4) is 5.75 Å². The Labute approximate surface area is 209 Å². The number of anilines is 2. The first kappa shape index (κ1) is 28.2. The van der Waals surface area contributed by atoms with Gasteiger partial charge in [-0.2, -0.15) is 0 Å². The third kappa shape index (κ3) is 5.99. The Morgan fingerprint density at radius 3 is 2.17 bits per heavy atom. The molecule has 0 saturated carbocycles. The van der Waals surface area contributed by atoms with Crippen molar-refractivity contribution in [1.29, 1.82) is 0 Å². The topological polar surface area (TPSA) is 47.4 Å². The van der Waals surface area contributed by atoms with E-state index < -0.39 is 11.9 Å². The first-order chi connectivity index (χ1) is 16.5. The number of fused-ring (bicyclic) bond motifs is 1. The van der Waals surface area contributed by atoms with Crippen LogP contribution in [-0.2, 0) is 16.8 Å². The molecular weight excluding hydrogens is 479 g/mol. The summed E-state index contributed by atoms with van der Waals surface area (Å²) in [5.74, 6) is -0.0330. The number of imidazole rings is 1. The predicted octanol–water partition coefficient (Wildman–Crippen LogP) is 7.74. The molecule has 1 atom stereocenters. The summed E-state index contributed by atoms with van der Waals surface area (Å²) < 4.78 is 43.1. The predicted molar refractivity (Wildman–Crippen MR) is 133 cm³/mol. The van der Waals surface area contributed by atoms with E-state index in [0.717, 1.165) is 11.3 Å². The van der Waals surface area contributed by atoms with Crippen molar-refractivity contribution in [2.75, 3.05) is 4.90 Å². The van der Waals surface area contributed by atoms with E-state index in [1.165, 1.54) is 29.2 Å². The molecule has 0 spiro atoms. The third-order valence-corrected chi connectivity index (χ3v) is 5.49. The fourth-order valence-electron chi connectivity index (χ4n) is 4.06. The second-order valence-electron chi connectivity index (χ2n) is 7.80. The molecule has 0 N–H and O–H groups in total. The summed E-state index contributed by atoms with van der Waals surface area (Å²) >= 11 is 6.21. The summed E-state index contributed by atoms with van der Waals surface area (Å²) in [6.07, 6.45) is -2.81. The van der Waals surface area contributed by atoms with E-state index in [1.807, 2.05) is 52.2 Å². The largest absolute Gasteiger partial charge is 0.573 e. The highest BCUT2D eigenvalue weighted by molar-refractivity contribution is 6.31. The minimum Gasteiger partial charge on any atom is -0.406 e. The zero-order valence-electron chi connectivity index (χ0n) is 21.0. The number of carbonyl (C=O) groups is 1. The average molecular weight is 510 g/mol. The van der Waals surface area contributed by atoms with Gasteiger partial charge in [-0.15, -0.1) is 13.2 Å². The van der Waals surface area contributed by atoms with Gasteiger partial charge < -0.3 is 4.74 Å². The van der Waals surface area contributed by atoms with E-state index in [2.05, 4.69) is 9.72 Å². The zero-order chi connectivity index (χ0) is 26.6. The maximum Gasteiger partial charge on any atom is 0.573 e. The Morgan fingerprint density at radius 2 is 1.63 bits per heavy atom. The van der Waals surface area contributed by atoms with Crippen LogP contribution in [0.1, 0.15) is 51.4 Å². The molecule has 2 aromatic carbocycles. The molecular formula is C26H31ClF3N3O2. The Balaban J connectivity index is 0.00000103. The number of benzene rings is 2. The lowest BCUT2D eigenvalue weighted by Gasteiger charge is -2.26. The molecule has 3 aromatic rings. The molecule has 1 aliphatic heterocycles.